The van der Waals surface area contributed by atoms with E-state index >= 15 is 0 Å². The fraction of sp³-hybridized carbons (Fsp3) is 0.474. The molecule has 1 aliphatic carbocycles. The number of nitrogens with one attached hydrogen (secondary N) is 2. The molecule has 9 heteroatoms. The highest BCUT2D eigenvalue weighted by Gasteiger charge is 2.55. The topological polar surface area (TPSA) is 98.8 Å². The average Bonchev–Trinajstić information content (AvgIpc) is 2.81. The van der Waals surface area contributed by atoms with Crippen LogP contribution in [0.1, 0.15) is 39.0 Å². The molecule has 1 aromatic rings. The number of likely N-dealkylation sites (N-methyl/N-ethyl adjacent to an activating group) is 1. The molecule has 2 fully saturated rings. The SMILES string of the molecule is CC(=O)Nc1ccc(NC(=O)CN2C(=O)N(C)C3(CCCCC3)C2=O)c(Cl)c1. The normalized spacial score (nSPS) is 18.5. The lowest BCUT2D eigenvalue weighted by molar-refractivity contribution is -0.136. The van der Waals surface area contributed by atoms with Gasteiger partial charge in [0.05, 0.1) is 10.7 Å². The van der Waals surface area contributed by atoms with Crippen molar-refractivity contribution in [2.75, 3.05) is 24.2 Å². The Bertz CT molecular complexity index is 835. The van der Waals surface area contributed by atoms with Gasteiger partial charge in [-0.15, -0.1) is 0 Å². The van der Waals surface area contributed by atoms with Crippen LogP contribution in [-0.2, 0) is 14.4 Å². The number of carbonyl (C=O) groups excluding carboxylic acids is 4. The summed E-state index contributed by atoms with van der Waals surface area (Å²) in [5.41, 5.74) is 0.0228. The third-order valence-electron chi connectivity index (χ3n) is 5.35. The van der Waals surface area contributed by atoms with Gasteiger partial charge in [-0.1, -0.05) is 30.9 Å². The third kappa shape index (κ3) is 3.69. The minimum Gasteiger partial charge on any atom is -0.326 e. The molecule has 1 saturated carbocycles. The molecule has 8 nitrogen and oxygen atoms in total. The van der Waals surface area contributed by atoms with Crippen LogP contribution in [0, 0.1) is 0 Å². The second kappa shape index (κ2) is 7.79. The zero-order chi connectivity index (χ0) is 20.5. The molecule has 3 rings (SSSR count). The quantitative estimate of drug-likeness (QED) is 0.751. The highest BCUT2D eigenvalue weighted by molar-refractivity contribution is 6.34. The van der Waals surface area contributed by atoms with E-state index in [9.17, 15) is 19.2 Å². The number of nitrogens with zero attached hydrogens (tertiary/aromatic N) is 2. The molecule has 1 heterocycles. The minimum atomic E-state index is -0.812. The minimum absolute atomic E-state index is 0.236. The molecule has 1 aliphatic heterocycles. The van der Waals surface area contributed by atoms with E-state index in [1.165, 1.54) is 17.9 Å². The van der Waals surface area contributed by atoms with E-state index in [1.807, 2.05) is 0 Å². The molecule has 0 unspecified atom stereocenters. The van der Waals surface area contributed by atoms with Crippen LogP contribution in [0.4, 0.5) is 16.2 Å². The smallest absolute Gasteiger partial charge is 0.326 e. The van der Waals surface area contributed by atoms with Crippen molar-refractivity contribution < 1.29 is 19.2 Å². The molecule has 28 heavy (non-hydrogen) atoms. The Balaban J connectivity index is 1.69. The Morgan fingerprint density at radius 1 is 1.14 bits per heavy atom. The maximum Gasteiger partial charge on any atom is 0.327 e. The summed E-state index contributed by atoms with van der Waals surface area (Å²) in [6.45, 7) is 1.01. The Hall–Kier alpha value is -2.61. The van der Waals surface area contributed by atoms with E-state index < -0.39 is 17.5 Å². The van der Waals surface area contributed by atoms with Crippen molar-refractivity contribution in [1.82, 2.24) is 9.80 Å². The number of benzene rings is 1. The summed E-state index contributed by atoms with van der Waals surface area (Å²) in [5.74, 6) is -1.06. The number of urea groups is 1. The van der Waals surface area contributed by atoms with E-state index in [2.05, 4.69) is 10.6 Å². The van der Waals surface area contributed by atoms with Crippen molar-refractivity contribution in [2.24, 2.45) is 0 Å². The van der Waals surface area contributed by atoms with E-state index in [4.69, 9.17) is 11.6 Å². The second-order valence-electron chi connectivity index (χ2n) is 7.25. The maximum atomic E-state index is 12.9. The summed E-state index contributed by atoms with van der Waals surface area (Å²) in [5, 5.41) is 5.45. The van der Waals surface area contributed by atoms with Crippen LogP contribution in [-0.4, -0.2) is 52.7 Å². The number of hydrogen-bond donors (Lipinski definition) is 2. The second-order valence-corrected chi connectivity index (χ2v) is 7.66. The van der Waals surface area contributed by atoms with Crippen LogP contribution in [0.3, 0.4) is 0 Å². The van der Waals surface area contributed by atoms with Crippen LogP contribution in [0.5, 0.6) is 0 Å². The lowest BCUT2D eigenvalue weighted by Crippen LogP contribution is -2.49. The summed E-state index contributed by atoms with van der Waals surface area (Å²) in [7, 11) is 1.63. The number of rotatable bonds is 4. The summed E-state index contributed by atoms with van der Waals surface area (Å²) < 4.78 is 0. The van der Waals surface area contributed by atoms with Crippen molar-refractivity contribution in [3.63, 3.8) is 0 Å². The molecule has 1 saturated heterocycles. The molecule has 1 spiro atoms. The molecular weight excluding hydrogens is 384 g/mol. The third-order valence-corrected chi connectivity index (χ3v) is 5.66. The van der Waals surface area contributed by atoms with Crippen LogP contribution in [0.25, 0.3) is 0 Å². The van der Waals surface area contributed by atoms with Gasteiger partial charge >= 0.3 is 6.03 Å². The Labute approximate surface area is 168 Å². The van der Waals surface area contributed by atoms with Gasteiger partial charge in [0.25, 0.3) is 5.91 Å². The molecular formula is C19H23ClN4O4. The highest BCUT2D eigenvalue weighted by Crippen LogP contribution is 2.39. The zero-order valence-electron chi connectivity index (χ0n) is 15.9. The molecule has 0 aromatic heterocycles. The van der Waals surface area contributed by atoms with Crippen LogP contribution in [0.2, 0.25) is 5.02 Å². The first-order valence-corrected chi connectivity index (χ1v) is 9.59. The van der Waals surface area contributed by atoms with Crippen molar-refractivity contribution in [2.45, 2.75) is 44.6 Å². The summed E-state index contributed by atoms with van der Waals surface area (Å²) in [6.07, 6.45) is 4.08. The monoisotopic (exact) mass is 406 g/mol. The molecule has 150 valence electrons. The number of imide groups is 1. The van der Waals surface area contributed by atoms with Gasteiger partial charge in [-0.25, -0.2) is 4.79 Å². The van der Waals surface area contributed by atoms with E-state index in [0.29, 0.717) is 24.2 Å². The predicted molar refractivity (Wildman–Crippen MR) is 105 cm³/mol. The molecule has 0 bridgehead atoms. The van der Waals surface area contributed by atoms with Crippen molar-refractivity contribution in [3.8, 4) is 0 Å². The predicted octanol–water partition coefficient (Wildman–Crippen LogP) is 2.83. The molecule has 5 amide bonds. The van der Waals surface area contributed by atoms with E-state index in [0.717, 1.165) is 24.2 Å². The Kier molecular flexibility index (Phi) is 5.60. The zero-order valence-corrected chi connectivity index (χ0v) is 16.6. The van der Waals surface area contributed by atoms with Gasteiger partial charge in [0, 0.05) is 19.7 Å². The van der Waals surface area contributed by atoms with Crippen molar-refractivity contribution in [1.29, 1.82) is 0 Å². The molecule has 2 N–H and O–H groups in total. The largest absolute Gasteiger partial charge is 0.327 e. The average molecular weight is 407 g/mol. The van der Waals surface area contributed by atoms with Gasteiger partial charge < -0.3 is 15.5 Å². The summed E-state index contributed by atoms with van der Waals surface area (Å²) in [6, 6.07) is 4.21. The molecule has 0 radical (unpaired) electrons. The first kappa shape index (κ1) is 20.1. The highest BCUT2D eigenvalue weighted by atomic mass is 35.5. The lowest BCUT2D eigenvalue weighted by Gasteiger charge is -2.35. The fourth-order valence-electron chi connectivity index (χ4n) is 3.90. The number of anilines is 2. The van der Waals surface area contributed by atoms with Crippen LogP contribution >= 0.6 is 11.6 Å². The van der Waals surface area contributed by atoms with Crippen LogP contribution < -0.4 is 10.6 Å². The first-order chi connectivity index (χ1) is 13.2. The van der Waals surface area contributed by atoms with Gasteiger partial charge in [0.15, 0.2) is 0 Å². The fourth-order valence-corrected chi connectivity index (χ4v) is 4.13. The molecule has 2 aliphatic rings. The first-order valence-electron chi connectivity index (χ1n) is 9.21. The summed E-state index contributed by atoms with van der Waals surface area (Å²) >= 11 is 6.15. The Morgan fingerprint density at radius 2 is 1.82 bits per heavy atom. The van der Waals surface area contributed by atoms with Gasteiger partial charge in [-0.3, -0.25) is 19.3 Å². The van der Waals surface area contributed by atoms with Gasteiger partial charge in [0.1, 0.15) is 12.1 Å². The Morgan fingerprint density at radius 3 is 2.43 bits per heavy atom. The van der Waals surface area contributed by atoms with Gasteiger partial charge in [-0.2, -0.15) is 0 Å². The standard InChI is InChI=1S/C19H23ClN4O4/c1-12(25)21-13-6-7-15(14(20)10-13)22-16(26)11-24-17(27)19(23(2)18(24)28)8-4-3-5-9-19/h6-7,10H,3-5,8-9,11H2,1-2H3,(H,21,25)(H,22,26). The molecule has 1 aromatic carbocycles. The summed E-state index contributed by atoms with van der Waals surface area (Å²) in [4.78, 5) is 51.5. The van der Waals surface area contributed by atoms with E-state index in [1.54, 1.807) is 19.2 Å². The maximum absolute atomic E-state index is 12.9. The number of hydrogen-bond acceptors (Lipinski definition) is 4. The van der Waals surface area contributed by atoms with Gasteiger partial charge in [0.2, 0.25) is 11.8 Å². The van der Waals surface area contributed by atoms with Crippen LogP contribution in [0.15, 0.2) is 18.2 Å². The number of amides is 5. The number of carbonyl (C=O) groups is 4. The van der Waals surface area contributed by atoms with Gasteiger partial charge in [-0.05, 0) is 31.0 Å². The molecule has 0 atom stereocenters. The number of halogens is 1. The lowest BCUT2D eigenvalue weighted by atomic mass is 9.81. The van der Waals surface area contributed by atoms with E-state index in [-0.39, 0.29) is 23.4 Å². The van der Waals surface area contributed by atoms with Crippen molar-refractivity contribution in [3.05, 3.63) is 23.2 Å². The van der Waals surface area contributed by atoms with Crippen molar-refractivity contribution >= 4 is 46.7 Å².